The van der Waals surface area contributed by atoms with Gasteiger partial charge in [-0.2, -0.15) is 0 Å². The summed E-state index contributed by atoms with van der Waals surface area (Å²) >= 11 is 0. The summed E-state index contributed by atoms with van der Waals surface area (Å²) in [5.41, 5.74) is 0.209. The number of ether oxygens (including phenoxy) is 1. The fourth-order valence-corrected chi connectivity index (χ4v) is 2.18. The molecule has 6 heteroatoms. The molecular formula is C13H17FN2O3. The molecule has 1 aromatic rings. The van der Waals surface area contributed by atoms with Crippen LogP contribution in [0.3, 0.4) is 0 Å². The third-order valence-corrected chi connectivity index (χ3v) is 3.54. The Bertz CT molecular complexity index is 473. The third-order valence-electron chi connectivity index (χ3n) is 3.54. The molecule has 2 rings (SSSR count). The van der Waals surface area contributed by atoms with Crippen molar-refractivity contribution < 1.29 is 14.1 Å². The zero-order valence-corrected chi connectivity index (χ0v) is 10.8. The Morgan fingerprint density at radius 2 is 2.16 bits per heavy atom. The zero-order chi connectivity index (χ0) is 13.9. The van der Waals surface area contributed by atoms with E-state index in [0.29, 0.717) is 18.8 Å². The number of nitrogens with one attached hydrogen (secondary N) is 1. The molecule has 1 N–H and O–H groups in total. The topological polar surface area (TPSA) is 64.4 Å². The molecule has 0 amide bonds. The van der Waals surface area contributed by atoms with Crippen LogP contribution >= 0.6 is 0 Å². The molecule has 0 unspecified atom stereocenters. The van der Waals surface area contributed by atoms with E-state index in [2.05, 4.69) is 12.2 Å². The Labute approximate surface area is 110 Å². The van der Waals surface area contributed by atoms with Crippen molar-refractivity contribution in [3.63, 3.8) is 0 Å². The smallest absolute Gasteiger partial charge is 0.274 e. The van der Waals surface area contributed by atoms with Crippen molar-refractivity contribution >= 4 is 5.69 Å². The SMILES string of the molecule is CC1(NCc2cc(F)ccc2[N+](=O)[O-])CCOCC1. The van der Waals surface area contributed by atoms with Gasteiger partial charge in [0.2, 0.25) is 0 Å². The lowest BCUT2D eigenvalue weighted by atomic mass is 9.92. The van der Waals surface area contributed by atoms with Crippen molar-refractivity contribution in [3.8, 4) is 0 Å². The summed E-state index contributed by atoms with van der Waals surface area (Å²) in [6, 6.07) is 3.53. The summed E-state index contributed by atoms with van der Waals surface area (Å²) < 4.78 is 18.5. The molecule has 0 spiro atoms. The molecule has 1 aromatic carbocycles. The highest BCUT2D eigenvalue weighted by Gasteiger charge is 2.27. The van der Waals surface area contributed by atoms with Gasteiger partial charge in [-0.3, -0.25) is 10.1 Å². The molecule has 104 valence electrons. The minimum absolute atomic E-state index is 0.0513. The number of nitro groups is 1. The van der Waals surface area contributed by atoms with Gasteiger partial charge >= 0.3 is 0 Å². The number of nitrogens with zero attached hydrogens (tertiary/aromatic N) is 1. The van der Waals surface area contributed by atoms with Crippen LogP contribution in [-0.4, -0.2) is 23.7 Å². The standard InChI is InChI=1S/C13H17FN2O3/c1-13(4-6-19-7-5-13)15-9-10-8-11(14)2-3-12(10)16(17)18/h2-3,8,15H,4-7,9H2,1H3. The van der Waals surface area contributed by atoms with Gasteiger partial charge < -0.3 is 10.1 Å². The van der Waals surface area contributed by atoms with Crippen LogP contribution in [-0.2, 0) is 11.3 Å². The molecule has 0 radical (unpaired) electrons. The average Bonchev–Trinajstić information content (AvgIpc) is 2.37. The number of hydrogen-bond acceptors (Lipinski definition) is 4. The minimum Gasteiger partial charge on any atom is -0.381 e. The summed E-state index contributed by atoms with van der Waals surface area (Å²) in [7, 11) is 0. The minimum atomic E-state index is -0.483. The Kier molecular flexibility index (Phi) is 4.11. The predicted molar refractivity (Wildman–Crippen MR) is 68.4 cm³/mol. The zero-order valence-electron chi connectivity index (χ0n) is 10.8. The van der Waals surface area contributed by atoms with Gasteiger partial charge in [-0.15, -0.1) is 0 Å². The van der Waals surface area contributed by atoms with Gasteiger partial charge in [-0.1, -0.05) is 0 Å². The molecule has 1 saturated heterocycles. The maximum Gasteiger partial charge on any atom is 0.274 e. The van der Waals surface area contributed by atoms with Crippen LogP contribution in [0.2, 0.25) is 0 Å². The van der Waals surface area contributed by atoms with Gasteiger partial charge in [0.1, 0.15) is 5.82 Å². The van der Waals surface area contributed by atoms with Crippen LogP contribution in [0.1, 0.15) is 25.3 Å². The van der Waals surface area contributed by atoms with Crippen LogP contribution in [0, 0.1) is 15.9 Å². The van der Waals surface area contributed by atoms with E-state index >= 15 is 0 Å². The van der Waals surface area contributed by atoms with E-state index in [9.17, 15) is 14.5 Å². The molecule has 1 aliphatic heterocycles. The molecule has 19 heavy (non-hydrogen) atoms. The lowest BCUT2D eigenvalue weighted by molar-refractivity contribution is -0.385. The maximum atomic E-state index is 13.2. The number of rotatable bonds is 4. The number of nitro benzene ring substituents is 1. The van der Waals surface area contributed by atoms with Crippen LogP contribution in [0.15, 0.2) is 18.2 Å². The van der Waals surface area contributed by atoms with Gasteiger partial charge in [0.15, 0.2) is 0 Å². The Hall–Kier alpha value is -1.53. The Balaban J connectivity index is 2.10. The number of hydrogen-bond donors (Lipinski definition) is 1. The summed E-state index contributed by atoms with van der Waals surface area (Å²) in [6.07, 6.45) is 1.69. The largest absolute Gasteiger partial charge is 0.381 e. The van der Waals surface area contributed by atoms with Crippen molar-refractivity contribution in [2.24, 2.45) is 0 Å². The first kappa shape index (κ1) is 13.9. The summed E-state index contributed by atoms with van der Waals surface area (Å²) in [6.45, 7) is 3.69. The average molecular weight is 268 g/mol. The second-order valence-electron chi connectivity index (χ2n) is 5.06. The Morgan fingerprint density at radius 1 is 1.47 bits per heavy atom. The summed E-state index contributed by atoms with van der Waals surface area (Å²) in [5, 5.41) is 14.2. The van der Waals surface area contributed by atoms with Crippen LogP contribution in [0.5, 0.6) is 0 Å². The molecule has 1 fully saturated rings. The fraction of sp³-hybridized carbons (Fsp3) is 0.538. The molecule has 0 aliphatic carbocycles. The third kappa shape index (κ3) is 3.48. The normalized spacial score (nSPS) is 18.2. The van der Waals surface area contributed by atoms with E-state index in [4.69, 9.17) is 4.74 Å². The second kappa shape index (κ2) is 5.63. The molecular weight excluding hydrogens is 251 g/mol. The van der Waals surface area contributed by atoms with Gasteiger partial charge in [0.05, 0.1) is 4.92 Å². The van der Waals surface area contributed by atoms with Crippen molar-refractivity contribution in [2.75, 3.05) is 13.2 Å². The van der Waals surface area contributed by atoms with Gasteiger partial charge in [-0.05, 0) is 31.9 Å². The Morgan fingerprint density at radius 3 is 2.79 bits per heavy atom. The number of halogens is 1. The van der Waals surface area contributed by atoms with E-state index in [1.807, 2.05) is 0 Å². The molecule has 1 aliphatic rings. The highest BCUT2D eigenvalue weighted by Crippen LogP contribution is 2.23. The lowest BCUT2D eigenvalue weighted by Crippen LogP contribution is -2.46. The monoisotopic (exact) mass is 268 g/mol. The van der Waals surface area contributed by atoms with Gasteiger partial charge in [0.25, 0.3) is 5.69 Å². The van der Waals surface area contributed by atoms with Gasteiger partial charge in [0, 0.05) is 36.9 Å². The van der Waals surface area contributed by atoms with E-state index in [-0.39, 0.29) is 17.8 Å². The molecule has 0 saturated carbocycles. The van der Waals surface area contributed by atoms with E-state index in [1.165, 1.54) is 12.1 Å². The van der Waals surface area contributed by atoms with Crippen molar-refractivity contribution in [3.05, 3.63) is 39.7 Å². The highest BCUT2D eigenvalue weighted by atomic mass is 19.1. The lowest BCUT2D eigenvalue weighted by Gasteiger charge is -2.34. The number of benzene rings is 1. The van der Waals surface area contributed by atoms with Crippen LogP contribution in [0.4, 0.5) is 10.1 Å². The van der Waals surface area contributed by atoms with Gasteiger partial charge in [-0.25, -0.2) is 4.39 Å². The van der Waals surface area contributed by atoms with E-state index in [1.54, 1.807) is 0 Å². The molecule has 0 bridgehead atoms. The summed E-state index contributed by atoms with van der Waals surface area (Å²) in [5.74, 6) is -0.459. The molecule has 0 aromatic heterocycles. The van der Waals surface area contributed by atoms with E-state index in [0.717, 1.165) is 18.9 Å². The van der Waals surface area contributed by atoms with Crippen molar-refractivity contribution in [1.29, 1.82) is 0 Å². The highest BCUT2D eigenvalue weighted by molar-refractivity contribution is 5.40. The predicted octanol–water partition coefficient (Wildman–Crippen LogP) is 2.39. The van der Waals surface area contributed by atoms with Crippen molar-refractivity contribution in [1.82, 2.24) is 5.32 Å². The first-order chi connectivity index (χ1) is 9.00. The van der Waals surface area contributed by atoms with Crippen LogP contribution < -0.4 is 5.32 Å². The molecule has 1 heterocycles. The second-order valence-corrected chi connectivity index (χ2v) is 5.06. The maximum absolute atomic E-state index is 13.2. The first-order valence-corrected chi connectivity index (χ1v) is 6.26. The van der Waals surface area contributed by atoms with E-state index < -0.39 is 10.7 Å². The van der Waals surface area contributed by atoms with Crippen molar-refractivity contribution in [2.45, 2.75) is 31.8 Å². The summed E-state index contributed by atoms with van der Waals surface area (Å²) in [4.78, 5) is 10.4. The quantitative estimate of drug-likeness (QED) is 0.672. The molecule has 0 atom stereocenters. The first-order valence-electron chi connectivity index (χ1n) is 6.26. The fourth-order valence-electron chi connectivity index (χ4n) is 2.18. The molecule has 5 nitrogen and oxygen atoms in total. The van der Waals surface area contributed by atoms with Crippen LogP contribution in [0.25, 0.3) is 0 Å².